The summed E-state index contributed by atoms with van der Waals surface area (Å²) in [4.78, 5) is 5.57. The van der Waals surface area contributed by atoms with Crippen molar-refractivity contribution in [2.24, 2.45) is 5.73 Å². The second kappa shape index (κ2) is 7.45. The number of rotatable bonds is 6. The molecule has 0 saturated carbocycles. The standard InChI is InChI=1S/C19H18ClN5S/c20-15-4-1-12(2-5-15)7-16(21)10-22-19-23-11-18(26-19)13-3-6-17-14(8-13)9-24-25-17/h1-6,8-9,11,16H,7,10,21H2,(H,22,23)(H,24,25)/t16-/m0/s1. The van der Waals surface area contributed by atoms with E-state index in [1.54, 1.807) is 11.3 Å². The van der Waals surface area contributed by atoms with E-state index in [1.807, 2.05) is 42.7 Å². The van der Waals surface area contributed by atoms with E-state index in [9.17, 15) is 0 Å². The Hall–Kier alpha value is -2.41. The molecule has 0 amide bonds. The van der Waals surface area contributed by atoms with Crippen LogP contribution in [0.5, 0.6) is 0 Å². The van der Waals surface area contributed by atoms with Crippen LogP contribution in [-0.2, 0) is 6.42 Å². The van der Waals surface area contributed by atoms with E-state index in [2.05, 4.69) is 32.6 Å². The number of nitrogens with one attached hydrogen (secondary N) is 2. The third-order valence-electron chi connectivity index (χ3n) is 4.16. The number of hydrogen-bond acceptors (Lipinski definition) is 5. The topological polar surface area (TPSA) is 79.6 Å². The molecule has 0 aliphatic heterocycles. The zero-order chi connectivity index (χ0) is 17.9. The van der Waals surface area contributed by atoms with Gasteiger partial charge in [0, 0.05) is 29.2 Å². The van der Waals surface area contributed by atoms with Crippen LogP contribution in [0.3, 0.4) is 0 Å². The predicted octanol–water partition coefficient (Wildman–Crippen LogP) is 4.32. The van der Waals surface area contributed by atoms with Crippen molar-refractivity contribution in [1.29, 1.82) is 0 Å². The second-order valence-electron chi connectivity index (χ2n) is 6.17. The van der Waals surface area contributed by atoms with Gasteiger partial charge in [-0.25, -0.2) is 4.98 Å². The normalized spacial score (nSPS) is 12.4. The van der Waals surface area contributed by atoms with E-state index in [0.717, 1.165) is 37.9 Å². The molecule has 2 heterocycles. The van der Waals surface area contributed by atoms with Gasteiger partial charge in [0.1, 0.15) is 0 Å². The smallest absolute Gasteiger partial charge is 0.183 e. The van der Waals surface area contributed by atoms with Crippen LogP contribution in [0.4, 0.5) is 5.13 Å². The Morgan fingerprint density at radius 3 is 2.85 bits per heavy atom. The first kappa shape index (κ1) is 17.0. The number of anilines is 1. The Morgan fingerprint density at radius 1 is 1.15 bits per heavy atom. The molecular weight excluding hydrogens is 366 g/mol. The molecule has 0 bridgehead atoms. The van der Waals surface area contributed by atoms with E-state index in [0.29, 0.717) is 6.54 Å². The van der Waals surface area contributed by atoms with E-state index in [1.165, 1.54) is 5.56 Å². The highest BCUT2D eigenvalue weighted by molar-refractivity contribution is 7.18. The summed E-state index contributed by atoms with van der Waals surface area (Å²) in [5, 5.41) is 13.1. The molecule has 0 aliphatic carbocycles. The number of thiazole rings is 1. The Morgan fingerprint density at radius 2 is 2.00 bits per heavy atom. The highest BCUT2D eigenvalue weighted by Crippen LogP contribution is 2.30. The maximum atomic E-state index is 6.23. The van der Waals surface area contributed by atoms with Crippen molar-refractivity contribution in [3.05, 3.63) is 65.4 Å². The molecule has 0 spiro atoms. The van der Waals surface area contributed by atoms with Crippen molar-refractivity contribution in [1.82, 2.24) is 15.2 Å². The van der Waals surface area contributed by atoms with Gasteiger partial charge in [-0.05, 0) is 41.8 Å². The van der Waals surface area contributed by atoms with Gasteiger partial charge in [-0.2, -0.15) is 5.10 Å². The lowest BCUT2D eigenvalue weighted by molar-refractivity contribution is 0.699. The average Bonchev–Trinajstić information content (AvgIpc) is 3.30. The first-order valence-corrected chi connectivity index (χ1v) is 9.50. The summed E-state index contributed by atoms with van der Waals surface area (Å²) in [6.07, 6.45) is 4.51. The number of benzene rings is 2. The number of nitrogens with two attached hydrogens (primary N) is 1. The Kier molecular flexibility index (Phi) is 4.88. The van der Waals surface area contributed by atoms with Crippen LogP contribution in [0.15, 0.2) is 54.9 Å². The van der Waals surface area contributed by atoms with Gasteiger partial charge in [-0.1, -0.05) is 41.1 Å². The van der Waals surface area contributed by atoms with Gasteiger partial charge < -0.3 is 11.1 Å². The summed E-state index contributed by atoms with van der Waals surface area (Å²) in [7, 11) is 0. The molecule has 26 heavy (non-hydrogen) atoms. The molecule has 4 rings (SSSR count). The minimum Gasteiger partial charge on any atom is -0.360 e. The van der Waals surface area contributed by atoms with Gasteiger partial charge in [0.2, 0.25) is 0 Å². The van der Waals surface area contributed by atoms with E-state index in [4.69, 9.17) is 17.3 Å². The Labute approximate surface area is 160 Å². The van der Waals surface area contributed by atoms with Gasteiger partial charge in [-0.3, -0.25) is 5.10 Å². The molecule has 5 nitrogen and oxygen atoms in total. The molecule has 2 aromatic carbocycles. The number of H-pyrrole nitrogens is 1. The van der Waals surface area contributed by atoms with Crippen molar-refractivity contribution >= 4 is 39.0 Å². The molecule has 0 aliphatic rings. The quantitative estimate of drug-likeness (QED) is 0.463. The summed E-state index contributed by atoms with van der Waals surface area (Å²) < 4.78 is 0. The number of aromatic nitrogens is 3. The monoisotopic (exact) mass is 383 g/mol. The fourth-order valence-corrected chi connectivity index (χ4v) is 3.74. The summed E-state index contributed by atoms with van der Waals surface area (Å²) in [5.41, 5.74) is 9.57. The van der Waals surface area contributed by atoms with Gasteiger partial charge in [0.15, 0.2) is 5.13 Å². The van der Waals surface area contributed by atoms with Crippen molar-refractivity contribution in [3.63, 3.8) is 0 Å². The predicted molar refractivity (Wildman–Crippen MR) is 109 cm³/mol. The van der Waals surface area contributed by atoms with Crippen LogP contribution in [0.1, 0.15) is 5.56 Å². The van der Waals surface area contributed by atoms with Crippen LogP contribution in [0.25, 0.3) is 21.3 Å². The third kappa shape index (κ3) is 3.88. The number of nitrogens with zero attached hydrogens (tertiary/aromatic N) is 2. The van der Waals surface area contributed by atoms with Crippen molar-refractivity contribution in [3.8, 4) is 10.4 Å². The molecule has 0 unspecified atom stereocenters. The van der Waals surface area contributed by atoms with Gasteiger partial charge in [-0.15, -0.1) is 0 Å². The number of aromatic amines is 1. The molecular formula is C19H18ClN5S. The van der Waals surface area contributed by atoms with Crippen molar-refractivity contribution < 1.29 is 0 Å². The lowest BCUT2D eigenvalue weighted by Crippen LogP contribution is -2.31. The van der Waals surface area contributed by atoms with Crippen LogP contribution in [0.2, 0.25) is 5.02 Å². The molecule has 7 heteroatoms. The maximum Gasteiger partial charge on any atom is 0.183 e. The third-order valence-corrected chi connectivity index (χ3v) is 5.41. The zero-order valence-corrected chi connectivity index (χ0v) is 15.5. The molecule has 0 radical (unpaired) electrons. The summed E-state index contributed by atoms with van der Waals surface area (Å²) in [6, 6.07) is 14.0. The molecule has 1 atom stereocenters. The molecule has 132 valence electrons. The summed E-state index contributed by atoms with van der Waals surface area (Å²) in [5.74, 6) is 0. The van der Waals surface area contributed by atoms with Crippen LogP contribution >= 0.6 is 22.9 Å². The summed E-state index contributed by atoms with van der Waals surface area (Å²) >= 11 is 7.53. The highest BCUT2D eigenvalue weighted by atomic mass is 35.5. The van der Waals surface area contributed by atoms with Gasteiger partial charge in [0.05, 0.1) is 16.6 Å². The van der Waals surface area contributed by atoms with Gasteiger partial charge >= 0.3 is 0 Å². The van der Waals surface area contributed by atoms with Crippen LogP contribution in [0, 0.1) is 0 Å². The minimum absolute atomic E-state index is 0.00538. The summed E-state index contributed by atoms with van der Waals surface area (Å²) in [6.45, 7) is 0.663. The second-order valence-corrected chi connectivity index (χ2v) is 7.64. The SMILES string of the molecule is N[C@H](CNc1ncc(-c2ccc3[nH]ncc3c2)s1)Cc1ccc(Cl)cc1. The van der Waals surface area contributed by atoms with Crippen molar-refractivity contribution in [2.75, 3.05) is 11.9 Å². The molecule has 0 fully saturated rings. The van der Waals surface area contributed by atoms with E-state index in [-0.39, 0.29) is 6.04 Å². The fraction of sp³-hybridized carbons (Fsp3) is 0.158. The highest BCUT2D eigenvalue weighted by Gasteiger charge is 2.08. The molecule has 4 N–H and O–H groups in total. The first-order chi connectivity index (χ1) is 12.7. The Bertz CT molecular complexity index is 1010. The van der Waals surface area contributed by atoms with Crippen LogP contribution < -0.4 is 11.1 Å². The molecule has 2 aromatic heterocycles. The van der Waals surface area contributed by atoms with Crippen molar-refractivity contribution in [2.45, 2.75) is 12.5 Å². The average molecular weight is 384 g/mol. The zero-order valence-electron chi connectivity index (χ0n) is 13.9. The molecule has 0 saturated heterocycles. The fourth-order valence-electron chi connectivity index (χ4n) is 2.80. The lowest BCUT2D eigenvalue weighted by atomic mass is 10.1. The Balaban J connectivity index is 1.37. The maximum absolute atomic E-state index is 6.23. The number of hydrogen-bond donors (Lipinski definition) is 3. The lowest BCUT2D eigenvalue weighted by Gasteiger charge is -2.12. The van der Waals surface area contributed by atoms with Crippen LogP contribution in [-0.4, -0.2) is 27.8 Å². The molecule has 4 aromatic rings. The first-order valence-electron chi connectivity index (χ1n) is 8.30. The van der Waals surface area contributed by atoms with E-state index < -0.39 is 0 Å². The van der Waals surface area contributed by atoms with Gasteiger partial charge in [0.25, 0.3) is 0 Å². The minimum atomic E-state index is 0.00538. The van der Waals surface area contributed by atoms with E-state index >= 15 is 0 Å². The number of fused-ring (bicyclic) bond motifs is 1. The largest absolute Gasteiger partial charge is 0.360 e. The number of halogens is 1.